The van der Waals surface area contributed by atoms with Gasteiger partial charge in [-0.1, -0.05) is 19.8 Å². The van der Waals surface area contributed by atoms with Gasteiger partial charge in [0.05, 0.1) is 0 Å². The Kier molecular flexibility index (Phi) is 1.71. The van der Waals surface area contributed by atoms with E-state index in [0.717, 1.165) is 24.2 Å². The van der Waals surface area contributed by atoms with Gasteiger partial charge in [0.2, 0.25) is 0 Å². The van der Waals surface area contributed by atoms with E-state index in [1.54, 1.807) is 0 Å². The van der Waals surface area contributed by atoms with Crippen molar-refractivity contribution in [3.8, 4) is 0 Å². The van der Waals surface area contributed by atoms with Crippen LogP contribution in [-0.2, 0) is 0 Å². The normalized spacial score (nSPS) is 45.9. The van der Waals surface area contributed by atoms with E-state index >= 15 is 0 Å². The molecule has 2 fully saturated rings. The maximum absolute atomic E-state index is 4.01. The Morgan fingerprint density at radius 3 is 3.10 bits per heavy atom. The van der Waals surface area contributed by atoms with E-state index in [9.17, 15) is 0 Å². The molecule has 56 valence electrons. The SMILES string of the molecule is [CH2]CC1C[CH]C2CCCC21. The van der Waals surface area contributed by atoms with E-state index in [-0.39, 0.29) is 0 Å². The molecule has 3 unspecified atom stereocenters. The number of hydrogen-bond acceptors (Lipinski definition) is 0. The summed E-state index contributed by atoms with van der Waals surface area (Å²) in [5, 5.41) is 0. The van der Waals surface area contributed by atoms with Gasteiger partial charge in [0.15, 0.2) is 0 Å². The van der Waals surface area contributed by atoms with Gasteiger partial charge in [-0.05, 0) is 43.4 Å². The minimum atomic E-state index is 0.951. The predicted molar refractivity (Wildman–Crippen MR) is 43.2 cm³/mol. The molecule has 3 atom stereocenters. The number of fused-ring (bicyclic) bond motifs is 1. The zero-order chi connectivity index (χ0) is 6.97. The molecule has 0 bridgehead atoms. The molecule has 10 heavy (non-hydrogen) atoms. The molecule has 0 heteroatoms. The molecule has 0 nitrogen and oxygen atoms in total. The van der Waals surface area contributed by atoms with Crippen LogP contribution in [0, 0.1) is 31.1 Å². The molecule has 0 N–H and O–H groups in total. The van der Waals surface area contributed by atoms with Crippen LogP contribution < -0.4 is 0 Å². The van der Waals surface area contributed by atoms with Gasteiger partial charge in [0.25, 0.3) is 0 Å². The summed E-state index contributed by atoms with van der Waals surface area (Å²) in [7, 11) is 0. The smallest absolute Gasteiger partial charge is 0.0349 e. The van der Waals surface area contributed by atoms with Crippen LogP contribution in [0.2, 0.25) is 0 Å². The third-order valence-electron chi connectivity index (χ3n) is 3.34. The average molecular weight is 136 g/mol. The fourth-order valence-corrected chi connectivity index (χ4v) is 2.75. The van der Waals surface area contributed by atoms with Crippen LogP contribution in [0.1, 0.15) is 32.1 Å². The van der Waals surface area contributed by atoms with E-state index in [2.05, 4.69) is 13.3 Å². The Morgan fingerprint density at radius 1 is 1.40 bits per heavy atom. The Morgan fingerprint density at radius 2 is 2.30 bits per heavy atom. The Balaban J connectivity index is 2.01. The van der Waals surface area contributed by atoms with Crippen LogP contribution in [0.15, 0.2) is 0 Å². The molecule has 0 amide bonds. The molecule has 2 saturated carbocycles. The molecule has 0 aliphatic heterocycles. The maximum atomic E-state index is 4.01. The highest BCUT2D eigenvalue weighted by molar-refractivity contribution is 4.98. The lowest BCUT2D eigenvalue weighted by molar-refractivity contribution is 0.358. The molecule has 2 aliphatic rings. The topological polar surface area (TPSA) is 0 Å². The maximum Gasteiger partial charge on any atom is -0.0349 e. The third kappa shape index (κ3) is 0.889. The summed E-state index contributed by atoms with van der Waals surface area (Å²) >= 11 is 0. The van der Waals surface area contributed by atoms with Crippen LogP contribution in [0.5, 0.6) is 0 Å². The number of hydrogen-bond donors (Lipinski definition) is 0. The zero-order valence-electron chi connectivity index (χ0n) is 6.55. The van der Waals surface area contributed by atoms with Crippen molar-refractivity contribution in [3.63, 3.8) is 0 Å². The fourth-order valence-electron chi connectivity index (χ4n) is 2.75. The monoisotopic (exact) mass is 136 g/mol. The van der Waals surface area contributed by atoms with Gasteiger partial charge in [-0.15, -0.1) is 0 Å². The molecule has 0 aromatic carbocycles. The van der Waals surface area contributed by atoms with Crippen LogP contribution in [0.4, 0.5) is 0 Å². The van der Waals surface area contributed by atoms with Gasteiger partial charge >= 0.3 is 0 Å². The van der Waals surface area contributed by atoms with Gasteiger partial charge in [0.1, 0.15) is 0 Å². The molecule has 2 rings (SSSR count). The summed E-state index contributed by atoms with van der Waals surface area (Å²) in [6.45, 7) is 4.01. The lowest BCUT2D eigenvalue weighted by Crippen LogP contribution is -2.07. The lowest BCUT2D eigenvalue weighted by atomic mass is 9.90. The van der Waals surface area contributed by atoms with Crippen molar-refractivity contribution in [2.45, 2.75) is 32.1 Å². The van der Waals surface area contributed by atoms with E-state index < -0.39 is 0 Å². The highest BCUT2D eigenvalue weighted by Crippen LogP contribution is 2.47. The first-order valence-corrected chi connectivity index (χ1v) is 4.54. The number of rotatable bonds is 1. The molecule has 0 heterocycles. The highest BCUT2D eigenvalue weighted by atomic mass is 14.4. The fraction of sp³-hybridized carbons (Fsp3) is 0.800. The Labute approximate surface area is 64.0 Å². The van der Waals surface area contributed by atoms with Crippen LogP contribution in [0.3, 0.4) is 0 Å². The van der Waals surface area contributed by atoms with Crippen molar-refractivity contribution >= 4 is 0 Å². The zero-order valence-corrected chi connectivity index (χ0v) is 6.55. The highest BCUT2D eigenvalue weighted by Gasteiger charge is 2.37. The van der Waals surface area contributed by atoms with Crippen molar-refractivity contribution in [1.82, 2.24) is 0 Å². The third-order valence-corrected chi connectivity index (χ3v) is 3.34. The van der Waals surface area contributed by atoms with Gasteiger partial charge in [0, 0.05) is 0 Å². The van der Waals surface area contributed by atoms with E-state index in [1.807, 2.05) is 0 Å². The molecular formula is C10H16. The summed E-state index contributed by atoms with van der Waals surface area (Å²) in [6, 6.07) is 0. The van der Waals surface area contributed by atoms with Crippen LogP contribution in [0.25, 0.3) is 0 Å². The Bertz CT molecular complexity index is 117. The molecule has 0 spiro atoms. The summed E-state index contributed by atoms with van der Waals surface area (Å²) in [6.07, 6.45) is 9.51. The molecule has 0 aromatic heterocycles. The molecular weight excluding hydrogens is 120 g/mol. The molecule has 2 radical (unpaired) electrons. The lowest BCUT2D eigenvalue weighted by Gasteiger charge is -2.15. The average Bonchev–Trinajstić information content (AvgIpc) is 2.44. The summed E-state index contributed by atoms with van der Waals surface area (Å²) in [4.78, 5) is 0. The van der Waals surface area contributed by atoms with Crippen LogP contribution >= 0.6 is 0 Å². The van der Waals surface area contributed by atoms with Crippen molar-refractivity contribution in [2.24, 2.45) is 17.8 Å². The van der Waals surface area contributed by atoms with Crippen molar-refractivity contribution < 1.29 is 0 Å². The van der Waals surface area contributed by atoms with Crippen LogP contribution in [-0.4, -0.2) is 0 Å². The van der Waals surface area contributed by atoms with Crippen molar-refractivity contribution in [2.75, 3.05) is 0 Å². The Hall–Kier alpha value is 0. The van der Waals surface area contributed by atoms with E-state index in [4.69, 9.17) is 0 Å². The predicted octanol–water partition coefficient (Wildman–Crippen LogP) is 2.85. The first kappa shape index (κ1) is 6.69. The first-order valence-electron chi connectivity index (χ1n) is 4.54. The van der Waals surface area contributed by atoms with E-state index in [0.29, 0.717) is 0 Å². The first-order chi connectivity index (χ1) is 4.92. The van der Waals surface area contributed by atoms with Gasteiger partial charge < -0.3 is 0 Å². The van der Waals surface area contributed by atoms with Gasteiger partial charge in [-0.2, -0.15) is 0 Å². The standard InChI is InChI=1S/C10H16/c1-2-8-6-7-9-4-3-5-10(8)9/h7-10H,1-6H2. The molecule has 2 aliphatic carbocycles. The van der Waals surface area contributed by atoms with Crippen molar-refractivity contribution in [3.05, 3.63) is 13.3 Å². The molecule has 0 aromatic rings. The minimum absolute atomic E-state index is 0.951. The summed E-state index contributed by atoms with van der Waals surface area (Å²) in [5.74, 6) is 2.98. The largest absolute Gasteiger partial charge is 0.0530 e. The second-order valence-corrected chi connectivity index (χ2v) is 3.78. The summed E-state index contributed by atoms with van der Waals surface area (Å²) < 4.78 is 0. The van der Waals surface area contributed by atoms with Gasteiger partial charge in [-0.3, -0.25) is 0 Å². The quantitative estimate of drug-likeness (QED) is 0.520. The van der Waals surface area contributed by atoms with E-state index in [1.165, 1.54) is 25.7 Å². The summed E-state index contributed by atoms with van der Waals surface area (Å²) in [5.41, 5.74) is 0. The second-order valence-electron chi connectivity index (χ2n) is 3.78. The second kappa shape index (κ2) is 2.56. The molecule has 0 saturated heterocycles. The van der Waals surface area contributed by atoms with Gasteiger partial charge in [-0.25, -0.2) is 0 Å². The minimum Gasteiger partial charge on any atom is -0.0530 e. The van der Waals surface area contributed by atoms with Crippen molar-refractivity contribution in [1.29, 1.82) is 0 Å².